The van der Waals surface area contributed by atoms with Gasteiger partial charge in [0.25, 0.3) is 0 Å². The Hall–Kier alpha value is -1.51. The van der Waals surface area contributed by atoms with Crippen molar-refractivity contribution < 1.29 is 33.5 Å². The highest BCUT2D eigenvalue weighted by Crippen LogP contribution is 2.60. The van der Waals surface area contributed by atoms with Crippen molar-refractivity contribution in [3.8, 4) is 0 Å². The van der Waals surface area contributed by atoms with Gasteiger partial charge in [-0.2, -0.15) is 0 Å². The standard InChI is InChI=1S/C24H32O7/c1-14-5-10-19-15(2)21(27-13-16-6-8-17(9-7-16)20(25)26-4)28-22-24(19)18(14)11-12-23(3,29-22)30-31-24/h6-9,14-15,18-19,21-22H,5,10-13H2,1-4H3/t14-,15-,18+,19+,21?,22-,23-,24-/m1/s1. The SMILES string of the molecule is COC(=O)c1ccc(COC2O[C@@H]3O[C@@]4(C)CC[C@H]5[C@H](C)CC[C@@H]([C@H]2C)[C@@]35OO4)cc1. The van der Waals surface area contributed by atoms with Gasteiger partial charge in [0.1, 0.15) is 0 Å². The third-order valence-electron chi connectivity index (χ3n) is 7.89. The van der Waals surface area contributed by atoms with Gasteiger partial charge in [0.2, 0.25) is 5.79 Å². The first-order valence-corrected chi connectivity index (χ1v) is 11.4. The molecule has 4 heterocycles. The lowest BCUT2D eigenvalue weighted by Crippen LogP contribution is -2.70. The molecule has 170 valence electrons. The highest BCUT2D eigenvalue weighted by atomic mass is 17.3. The lowest BCUT2D eigenvalue weighted by molar-refractivity contribution is -0.577. The van der Waals surface area contributed by atoms with Crippen molar-refractivity contribution in [2.75, 3.05) is 7.11 Å². The number of rotatable bonds is 4. The molecule has 6 rings (SSSR count). The Labute approximate surface area is 183 Å². The average molecular weight is 433 g/mol. The van der Waals surface area contributed by atoms with E-state index >= 15 is 0 Å². The van der Waals surface area contributed by atoms with Crippen LogP contribution in [0.15, 0.2) is 24.3 Å². The summed E-state index contributed by atoms with van der Waals surface area (Å²) in [4.78, 5) is 23.7. The second kappa shape index (κ2) is 7.81. The number of carbonyl (C=O) groups excluding carboxylic acids is 1. The van der Waals surface area contributed by atoms with Gasteiger partial charge in [0.05, 0.1) is 19.3 Å². The molecular weight excluding hydrogens is 400 g/mol. The highest BCUT2D eigenvalue weighted by Gasteiger charge is 2.69. The van der Waals surface area contributed by atoms with Crippen molar-refractivity contribution in [3.05, 3.63) is 35.4 Å². The zero-order valence-electron chi connectivity index (χ0n) is 18.7. The number of fused-ring (bicyclic) bond motifs is 2. The Balaban J connectivity index is 1.34. The van der Waals surface area contributed by atoms with Crippen LogP contribution in [0.2, 0.25) is 0 Å². The molecule has 31 heavy (non-hydrogen) atoms. The van der Waals surface area contributed by atoms with Gasteiger partial charge in [0, 0.05) is 18.3 Å². The molecule has 8 atom stereocenters. The minimum Gasteiger partial charge on any atom is -0.465 e. The van der Waals surface area contributed by atoms with E-state index in [1.165, 1.54) is 7.11 Å². The summed E-state index contributed by atoms with van der Waals surface area (Å²) in [5, 5.41) is 0. The van der Waals surface area contributed by atoms with Crippen molar-refractivity contribution in [1.82, 2.24) is 0 Å². The molecule has 7 heteroatoms. The molecule has 0 radical (unpaired) electrons. The number of hydrogen-bond donors (Lipinski definition) is 0. The van der Waals surface area contributed by atoms with Crippen LogP contribution in [0.1, 0.15) is 62.4 Å². The molecular formula is C24H32O7. The van der Waals surface area contributed by atoms with Gasteiger partial charge in [-0.1, -0.05) is 26.0 Å². The first-order valence-electron chi connectivity index (χ1n) is 11.4. The molecule has 5 fully saturated rings. The molecule has 1 unspecified atom stereocenters. The van der Waals surface area contributed by atoms with Crippen molar-refractivity contribution in [1.29, 1.82) is 0 Å². The quantitative estimate of drug-likeness (QED) is 0.522. The fourth-order valence-corrected chi connectivity index (χ4v) is 6.10. The zero-order chi connectivity index (χ0) is 21.8. The Kier molecular flexibility index (Phi) is 5.38. The number of carbonyl (C=O) groups is 1. The second-order valence-corrected chi connectivity index (χ2v) is 9.77. The van der Waals surface area contributed by atoms with Crippen molar-refractivity contribution in [2.45, 2.75) is 77.0 Å². The highest BCUT2D eigenvalue weighted by molar-refractivity contribution is 5.89. The first kappa shape index (κ1) is 21.3. The third-order valence-corrected chi connectivity index (χ3v) is 7.89. The number of benzene rings is 1. The summed E-state index contributed by atoms with van der Waals surface area (Å²) in [6.45, 7) is 6.80. The van der Waals surface area contributed by atoms with Crippen LogP contribution in [0.3, 0.4) is 0 Å². The molecule has 0 N–H and O–H groups in total. The molecule has 5 aliphatic rings. The number of esters is 1. The Morgan fingerprint density at radius 1 is 1.10 bits per heavy atom. The summed E-state index contributed by atoms with van der Waals surface area (Å²) in [5.74, 6) is 0.117. The van der Waals surface area contributed by atoms with Crippen molar-refractivity contribution in [3.63, 3.8) is 0 Å². The van der Waals surface area contributed by atoms with Crippen LogP contribution in [0.5, 0.6) is 0 Å². The van der Waals surface area contributed by atoms with Gasteiger partial charge in [-0.25, -0.2) is 14.6 Å². The van der Waals surface area contributed by atoms with E-state index in [2.05, 4.69) is 13.8 Å². The zero-order valence-corrected chi connectivity index (χ0v) is 18.7. The van der Waals surface area contributed by atoms with E-state index < -0.39 is 24.0 Å². The molecule has 1 spiro atoms. The molecule has 4 saturated heterocycles. The summed E-state index contributed by atoms with van der Waals surface area (Å²) < 4.78 is 23.8. The van der Waals surface area contributed by atoms with Crippen LogP contribution >= 0.6 is 0 Å². The van der Waals surface area contributed by atoms with Crippen molar-refractivity contribution >= 4 is 5.97 Å². The van der Waals surface area contributed by atoms with Crippen LogP contribution in [-0.2, 0) is 35.3 Å². The summed E-state index contributed by atoms with van der Waals surface area (Å²) in [6.07, 6.45) is 3.10. The van der Waals surface area contributed by atoms with Gasteiger partial charge in [0.15, 0.2) is 18.2 Å². The van der Waals surface area contributed by atoms with Crippen molar-refractivity contribution in [2.24, 2.45) is 23.7 Å². The van der Waals surface area contributed by atoms with E-state index in [0.29, 0.717) is 24.0 Å². The maximum absolute atomic E-state index is 11.6. The minimum atomic E-state index is -0.785. The lowest BCUT2D eigenvalue weighted by atomic mass is 9.58. The number of methoxy groups -OCH3 is 1. The lowest BCUT2D eigenvalue weighted by Gasteiger charge is -2.60. The van der Waals surface area contributed by atoms with Crippen LogP contribution in [0.4, 0.5) is 0 Å². The molecule has 7 nitrogen and oxygen atoms in total. The van der Waals surface area contributed by atoms with E-state index in [9.17, 15) is 4.79 Å². The molecule has 1 saturated carbocycles. The third kappa shape index (κ3) is 3.42. The molecule has 0 amide bonds. The van der Waals surface area contributed by atoms with E-state index in [-0.39, 0.29) is 17.8 Å². The molecule has 1 aliphatic carbocycles. The average Bonchev–Trinajstić information content (AvgIpc) is 3.01. The van der Waals surface area contributed by atoms with Crippen LogP contribution in [0, 0.1) is 23.7 Å². The van der Waals surface area contributed by atoms with Crippen LogP contribution in [0.25, 0.3) is 0 Å². The van der Waals surface area contributed by atoms with Gasteiger partial charge in [-0.05, 0) is 55.7 Å². The van der Waals surface area contributed by atoms with E-state index in [1.54, 1.807) is 12.1 Å². The Morgan fingerprint density at radius 3 is 2.61 bits per heavy atom. The maximum Gasteiger partial charge on any atom is 0.337 e. The summed E-state index contributed by atoms with van der Waals surface area (Å²) >= 11 is 0. The molecule has 1 aromatic rings. The number of ether oxygens (including phenoxy) is 4. The van der Waals surface area contributed by atoms with E-state index in [1.807, 2.05) is 19.1 Å². The van der Waals surface area contributed by atoms with Gasteiger partial charge < -0.3 is 18.9 Å². The fourth-order valence-electron chi connectivity index (χ4n) is 6.10. The largest absolute Gasteiger partial charge is 0.465 e. The smallest absolute Gasteiger partial charge is 0.337 e. The van der Waals surface area contributed by atoms with Gasteiger partial charge in [-0.3, -0.25) is 0 Å². The number of hydrogen-bond acceptors (Lipinski definition) is 7. The monoisotopic (exact) mass is 432 g/mol. The normalized spacial score (nSPS) is 43.7. The summed E-state index contributed by atoms with van der Waals surface area (Å²) in [6, 6.07) is 7.25. The molecule has 1 aromatic carbocycles. The first-order chi connectivity index (χ1) is 14.9. The molecule has 0 aromatic heterocycles. The molecule has 2 bridgehead atoms. The second-order valence-electron chi connectivity index (χ2n) is 9.77. The van der Waals surface area contributed by atoms with Gasteiger partial charge in [-0.15, -0.1) is 0 Å². The predicted octanol–water partition coefficient (Wildman–Crippen LogP) is 4.20. The summed E-state index contributed by atoms with van der Waals surface area (Å²) in [5.41, 5.74) is 0.912. The Bertz CT molecular complexity index is 826. The van der Waals surface area contributed by atoms with Crippen LogP contribution < -0.4 is 0 Å². The predicted molar refractivity (Wildman–Crippen MR) is 109 cm³/mol. The van der Waals surface area contributed by atoms with Crippen LogP contribution in [-0.4, -0.2) is 37.0 Å². The van der Waals surface area contributed by atoms with Gasteiger partial charge >= 0.3 is 5.97 Å². The van der Waals surface area contributed by atoms with E-state index in [0.717, 1.165) is 31.2 Å². The minimum absolute atomic E-state index is 0.134. The fraction of sp³-hybridized carbons (Fsp3) is 0.708. The van der Waals surface area contributed by atoms with E-state index in [4.69, 9.17) is 28.7 Å². The Morgan fingerprint density at radius 2 is 1.87 bits per heavy atom. The maximum atomic E-state index is 11.6. The summed E-state index contributed by atoms with van der Waals surface area (Å²) in [7, 11) is 1.38. The topological polar surface area (TPSA) is 72.5 Å². The molecule has 4 aliphatic heterocycles.